The van der Waals surface area contributed by atoms with E-state index in [2.05, 4.69) is 18.7 Å². The van der Waals surface area contributed by atoms with Crippen molar-refractivity contribution in [2.75, 3.05) is 39.4 Å². The predicted octanol–water partition coefficient (Wildman–Crippen LogP) is 4.12. The first-order valence-corrected chi connectivity index (χ1v) is 11.9. The molecule has 1 fully saturated rings. The van der Waals surface area contributed by atoms with Gasteiger partial charge in [-0.25, -0.2) is 0 Å². The molecule has 0 spiro atoms. The first-order chi connectivity index (χ1) is 16.5. The number of aliphatic hydroxyl groups is 1. The largest absolute Gasteiger partial charge is 0.503 e. The molecule has 1 amide bonds. The number of allylic oxidation sites excluding steroid dienone is 1. The minimum absolute atomic E-state index is 0.136. The normalized spacial score (nSPS) is 19.6. The zero-order valence-corrected chi connectivity index (χ0v) is 19.8. The van der Waals surface area contributed by atoms with Gasteiger partial charge in [-0.1, -0.05) is 74.5 Å². The lowest BCUT2D eigenvalue weighted by atomic mass is 9.93. The SMILES string of the molecule is CC(C)c1ccc(C2C(C(=O)/C=C/c3ccccc3)=C(O)C(=O)N2CCN2CCOCC2)cc1. The van der Waals surface area contributed by atoms with Crippen molar-refractivity contribution in [3.63, 3.8) is 0 Å². The number of carbonyl (C=O) groups excluding carboxylic acids is 2. The van der Waals surface area contributed by atoms with Crippen LogP contribution in [-0.2, 0) is 14.3 Å². The molecule has 2 aliphatic rings. The van der Waals surface area contributed by atoms with Crippen LogP contribution in [0.5, 0.6) is 0 Å². The minimum Gasteiger partial charge on any atom is -0.503 e. The zero-order valence-electron chi connectivity index (χ0n) is 19.8. The number of morpholine rings is 1. The van der Waals surface area contributed by atoms with Gasteiger partial charge >= 0.3 is 0 Å². The number of carbonyl (C=O) groups is 2. The number of ketones is 1. The standard InChI is InChI=1S/C28H32N2O4/c1-20(2)22-9-11-23(12-10-22)26-25(24(31)13-8-21-6-4-3-5-7-21)27(32)28(33)30(26)15-14-29-16-18-34-19-17-29/h3-13,20,26,32H,14-19H2,1-2H3/b13-8+. The van der Waals surface area contributed by atoms with Gasteiger partial charge in [0, 0.05) is 26.2 Å². The molecule has 1 N–H and O–H groups in total. The summed E-state index contributed by atoms with van der Waals surface area (Å²) in [7, 11) is 0. The predicted molar refractivity (Wildman–Crippen MR) is 132 cm³/mol. The van der Waals surface area contributed by atoms with Crippen LogP contribution in [0.3, 0.4) is 0 Å². The first kappa shape index (κ1) is 23.9. The molecule has 1 saturated heterocycles. The summed E-state index contributed by atoms with van der Waals surface area (Å²) >= 11 is 0. The average molecular weight is 461 g/mol. The third kappa shape index (κ3) is 5.29. The second-order valence-corrected chi connectivity index (χ2v) is 9.05. The number of hydrogen-bond donors (Lipinski definition) is 1. The highest BCUT2D eigenvalue weighted by atomic mass is 16.5. The van der Waals surface area contributed by atoms with E-state index in [4.69, 9.17) is 4.74 Å². The Morgan fingerprint density at radius 2 is 1.74 bits per heavy atom. The van der Waals surface area contributed by atoms with Gasteiger partial charge in [0.1, 0.15) is 0 Å². The maximum absolute atomic E-state index is 13.3. The van der Waals surface area contributed by atoms with Gasteiger partial charge in [-0.05, 0) is 28.7 Å². The van der Waals surface area contributed by atoms with Gasteiger partial charge in [0.05, 0.1) is 24.8 Å². The molecule has 4 rings (SSSR count). The molecule has 1 unspecified atom stereocenters. The van der Waals surface area contributed by atoms with Gasteiger partial charge in [-0.2, -0.15) is 0 Å². The third-order valence-electron chi connectivity index (χ3n) is 6.48. The van der Waals surface area contributed by atoms with Crippen molar-refractivity contribution in [3.8, 4) is 0 Å². The van der Waals surface area contributed by atoms with Crippen LogP contribution in [0.2, 0.25) is 0 Å². The minimum atomic E-state index is -0.623. The summed E-state index contributed by atoms with van der Waals surface area (Å²) in [5, 5.41) is 10.8. The molecular formula is C28H32N2O4. The van der Waals surface area contributed by atoms with Crippen LogP contribution in [0.1, 0.15) is 42.5 Å². The Labute approximate surface area is 201 Å². The molecule has 1 atom stereocenters. The molecule has 2 aliphatic heterocycles. The zero-order chi connectivity index (χ0) is 24.1. The molecule has 2 heterocycles. The summed E-state index contributed by atoms with van der Waals surface area (Å²) in [6.45, 7) is 8.28. The quantitative estimate of drug-likeness (QED) is 0.600. The van der Waals surface area contributed by atoms with Crippen LogP contribution < -0.4 is 0 Å². The fourth-order valence-corrected chi connectivity index (χ4v) is 4.45. The molecule has 34 heavy (non-hydrogen) atoms. The van der Waals surface area contributed by atoms with Crippen LogP contribution in [0.15, 0.2) is 72.0 Å². The van der Waals surface area contributed by atoms with Gasteiger partial charge in [-0.3, -0.25) is 14.5 Å². The van der Waals surface area contributed by atoms with Gasteiger partial charge in [0.15, 0.2) is 11.5 Å². The number of amides is 1. The van der Waals surface area contributed by atoms with Crippen molar-refractivity contribution >= 4 is 17.8 Å². The highest BCUT2D eigenvalue weighted by Crippen LogP contribution is 2.38. The topological polar surface area (TPSA) is 70.1 Å². The van der Waals surface area contributed by atoms with Crippen molar-refractivity contribution in [1.82, 2.24) is 9.80 Å². The Morgan fingerprint density at radius 3 is 2.38 bits per heavy atom. The molecule has 178 valence electrons. The fraction of sp³-hybridized carbons (Fsp3) is 0.357. The maximum Gasteiger partial charge on any atom is 0.290 e. The van der Waals surface area contributed by atoms with Gasteiger partial charge in [-0.15, -0.1) is 0 Å². The molecule has 2 aromatic rings. The lowest BCUT2D eigenvalue weighted by Gasteiger charge is -2.31. The highest BCUT2D eigenvalue weighted by Gasteiger charge is 2.42. The van der Waals surface area contributed by atoms with E-state index in [1.54, 1.807) is 11.0 Å². The molecular weight excluding hydrogens is 428 g/mol. The van der Waals surface area contributed by atoms with Crippen molar-refractivity contribution in [3.05, 3.63) is 88.7 Å². The molecule has 0 aromatic heterocycles. The third-order valence-corrected chi connectivity index (χ3v) is 6.48. The second-order valence-electron chi connectivity index (χ2n) is 9.05. The molecule has 0 aliphatic carbocycles. The van der Waals surface area contributed by atoms with E-state index in [1.807, 2.05) is 54.6 Å². The Balaban J connectivity index is 1.63. The smallest absolute Gasteiger partial charge is 0.290 e. The Hall–Kier alpha value is -3.22. The van der Waals surface area contributed by atoms with Crippen molar-refractivity contribution < 1.29 is 19.4 Å². The average Bonchev–Trinajstić information content (AvgIpc) is 3.12. The molecule has 6 heteroatoms. The number of ether oxygens (including phenoxy) is 1. The van der Waals surface area contributed by atoms with E-state index in [0.29, 0.717) is 32.2 Å². The van der Waals surface area contributed by atoms with Crippen LogP contribution in [0.25, 0.3) is 6.08 Å². The van der Waals surface area contributed by atoms with Crippen LogP contribution in [0.4, 0.5) is 0 Å². The Bertz CT molecular complexity index is 1070. The summed E-state index contributed by atoms with van der Waals surface area (Å²) < 4.78 is 5.42. The lowest BCUT2D eigenvalue weighted by Crippen LogP contribution is -2.43. The van der Waals surface area contributed by atoms with E-state index >= 15 is 0 Å². The summed E-state index contributed by atoms with van der Waals surface area (Å²) in [5.41, 5.74) is 3.01. The fourth-order valence-electron chi connectivity index (χ4n) is 4.45. The number of aliphatic hydroxyl groups excluding tert-OH is 1. The van der Waals surface area contributed by atoms with Crippen molar-refractivity contribution in [2.24, 2.45) is 0 Å². The Kier molecular flexibility index (Phi) is 7.60. The van der Waals surface area contributed by atoms with Gasteiger partial charge < -0.3 is 14.7 Å². The molecule has 0 radical (unpaired) electrons. The molecule has 0 saturated carbocycles. The molecule has 6 nitrogen and oxygen atoms in total. The first-order valence-electron chi connectivity index (χ1n) is 11.9. The van der Waals surface area contributed by atoms with E-state index in [9.17, 15) is 14.7 Å². The lowest BCUT2D eigenvalue weighted by molar-refractivity contribution is -0.129. The summed E-state index contributed by atoms with van der Waals surface area (Å²) in [6, 6.07) is 16.9. The van der Waals surface area contributed by atoms with Crippen LogP contribution in [-0.4, -0.2) is 66.0 Å². The van der Waals surface area contributed by atoms with Gasteiger partial charge in [0.25, 0.3) is 5.91 Å². The summed E-state index contributed by atoms with van der Waals surface area (Å²) in [4.78, 5) is 30.3. The maximum atomic E-state index is 13.3. The van der Waals surface area contributed by atoms with E-state index < -0.39 is 17.7 Å². The van der Waals surface area contributed by atoms with E-state index in [-0.39, 0.29) is 11.4 Å². The Morgan fingerprint density at radius 1 is 1.06 bits per heavy atom. The summed E-state index contributed by atoms with van der Waals surface area (Å²) in [6.07, 6.45) is 3.15. The van der Waals surface area contributed by atoms with Crippen molar-refractivity contribution in [1.29, 1.82) is 0 Å². The summed E-state index contributed by atoms with van der Waals surface area (Å²) in [5.74, 6) is -0.942. The highest BCUT2D eigenvalue weighted by molar-refractivity contribution is 6.14. The van der Waals surface area contributed by atoms with Crippen LogP contribution in [0, 0.1) is 0 Å². The molecule has 2 aromatic carbocycles. The number of rotatable bonds is 8. The second kappa shape index (κ2) is 10.8. The number of benzene rings is 2. The van der Waals surface area contributed by atoms with E-state index in [0.717, 1.165) is 24.2 Å². The van der Waals surface area contributed by atoms with E-state index in [1.165, 1.54) is 11.6 Å². The molecule has 0 bridgehead atoms. The van der Waals surface area contributed by atoms with Gasteiger partial charge in [0.2, 0.25) is 0 Å². The monoisotopic (exact) mass is 460 g/mol. The number of hydrogen-bond acceptors (Lipinski definition) is 5. The van der Waals surface area contributed by atoms with Crippen LogP contribution >= 0.6 is 0 Å². The number of nitrogens with zero attached hydrogens (tertiary/aromatic N) is 2. The van der Waals surface area contributed by atoms with Crippen molar-refractivity contribution in [2.45, 2.75) is 25.8 Å².